The molecule has 0 saturated heterocycles. The van der Waals surface area contributed by atoms with E-state index in [0.29, 0.717) is 23.9 Å². The zero-order valence-electron chi connectivity index (χ0n) is 13.9. The molecule has 0 amide bonds. The molecule has 5 heteroatoms. The monoisotopic (exact) mass is 362 g/mol. The third kappa shape index (κ3) is 2.54. The Balaban J connectivity index is 1.46. The Labute approximate surface area is 155 Å². The van der Waals surface area contributed by atoms with Gasteiger partial charge in [0.15, 0.2) is 6.61 Å². The minimum absolute atomic E-state index is 0.353. The molecule has 0 bridgehead atoms. The number of halogens is 1. The summed E-state index contributed by atoms with van der Waals surface area (Å²) in [6, 6.07) is 21.9. The fourth-order valence-corrected chi connectivity index (χ4v) is 3.51. The van der Waals surface area contributed by atoms with Crippen LogP contribution >= 0.6 is 11.6 Å². The number of benzene rings is 3. The van der Waals surface area contributed by atoms with Gasteiger partial charge in [0.2, 0.25) is 5.90 Å². The van der Waals surface area contributed by atoms with Crippen molar-refractivity contribution in [1.29, 1.82) is 0 Å². The van der Waals surface area contributed by atoms with E-state index in [1.54, 1.807) is 0 Å². The number of hydrogen-bond donors (Lipinski definition) is 0. The highest BCUT2D eigenvalue weighted by Crippen LogP contribution is 2.34. The SMILES string of the molecule is Clc1ccc(C2=NOC3(COC(c4cccc5ccccc45)=N3)C2)cc1. The highest BCUT2D eigenvalue weighted by molar-refractivity contribution is 6.30. The van der Waals surface area contributed by atoms with Crippen LogP contribution in [0.1, 0.15) is 17.5 Å². The maximum absolute atomic E-state index is 5.96. The minimum atomic E-state index is -0.777. The Morgan fingerprint density at radius 3 is 2.62 bits per heavy atom. The number of rotatable bonds is 2. The minimum Gasteiger partial charge on any atom is -0.471 e. The quantitative estimate of drug-likeness (QED) is 0.657. The van der Waals surface area contributed by atoms with E-state index < -0.39 is 5.72 Å². The number of nitrogens with zero attached hydrogens (tertiary/aromatic N) is 2. The molecule has 3 aromatic carbocycles. The number of ether oxygens (including phenoxy) is 1. The Hall–Kier alpha value is -2.85. The molecule has 1 unspecified atom stereocenters. The molecule has 0 aliphatic carbocycles. The average molecular weight is 363 g/mol. The highest BCUT2D eigenvalue weighted by atomic mass is 35.5. The normalized spacial score (nSPS) is 21.4. The van der Waals surface area contributed by atoms with Crippen LogP contribution in [0.2, 0.25) is 5.02 Å². The van der Waals surface area contributed by atoms with E-state index in [9.17, 15) is 0 Å². The van der Waals surface area contributed by atoms with Gasteiger partial charge in [-0.15, -0.1) is 0 Å². The number of hydrogen-bond acceptors (Lipinski definition) is 4. The molecule has 1 spiro atoms. The van der Waals surface area contributed by atoms with E-state index in [0.717, 1.165) is 27.6 Å². The van der Waals surface area contributed by atoms with Gasteiger partial charge in [-0.1, -0.05) is 65.3 Å². The fourth-order valence-electron chi connectivity index (χ4n) is 3.38. The van der Waals surface area contributed by atoms with Gasteiger partial charge < -0.3 is 9.57 Å². The molecule has 5 rings (SSSR count). The number of aliphatic imine (C=N–C) groups is 1. The van der Waals surface area contributed by atoms with Crippen LogP contribution < -0.4 is 0 Å². The molecule has 128 valence electrons. The summed E-state index contributed by atoms with van der Waals surface area (Å²) >= 11 is 5.96. The summed E-state index contributed by atoms with van der Waals surface area (Å²) in [7, 11) is 0. The molecule has 3 aromatic rings. The summed E-state index contributed by atoms with van der Waals surface area (Å²) in [5, 5.41) is 7.21. The Morgan fingerprint density at radius 1 is 0.923 bits per heavy atom. The number of oxime groups is 1. The first kappa shape index (κ1) is 15.4. The molecular formula is C21H15ClN2O2. The van der Waals surface area contributed by atoms with E-state index in [2.05, 4.69) is 23.4 Å². The standard InChI is InChI=1S/C21H15ClN2O2/c22-16-10-8-15(9-11-16)19-12-21(26-24-19)13-25-20(23-21)18-7-3-5-14-4-1-2-6-17(14)18/h1-11H,12-13H2. The van der Waals surface area contributed by atoms with Crippen molar-refractivity contribution >= 4 is 34.0 Å². The molecule has 4 nitrogen and oxygen atoms in total. The van der Waals surface area contributed by atoms with Crippen molar-refractivity contribution < 1.29 is 9.57 Å². The lowest BCUT2D eigenvalue weighted by Crippen LogP contribution is -2.28. The lowest BCUT2D eigenvalue weighted by molar-refractivity contribution is -0.0277. The Kier molecular flexibility index (Phi) is 3.47. The molecule has 0 saturated carbocycles. The zero-order chi connectivity index (χ0) is 17.6. The van der Waals surface area contributed by atoms with Gasteiger partial charge in [-0.2, -0.15) is 4.99 Å². The van der Waals surface area contributed by atoms with E-state index in [-0.39, 0.29) is 0 Å². The van der Waals surface area contributed by atoms with Crippen LogP contribution in [0.3, 0.4) is 0 Å². The highest BCUT2D eigenvalue weighted by Gasteiger charge is 2.45. The molecule has 26 heavy (non-hydrogen) atoms. The smallest absolute Gasteiger partial charge is 0.269 e. The summed E-state index contributed by atoms with van der Waals surface area (Å²) in [4.78, 5) is 10.5. The molecule has 0 aromatic heterocycles. The van der Waals surface area contributed by atoms with Gasteiger partial charge in [-0.05, 0) is 34.5 Å². The third-order valence-corrected chi connectivity index (χ3v) is 4.96. The molecule has 0 radical (unpaired) electrons. The van der Waals surface area contributed by atoms with Gasteiger partial charge in [0, 0.05) is 10.6 Å². The van der Waals surface area contributed by atoms with Gasteiger partial charge in [-0.25, -0.2) is 0 Å². The second-order valence-electron chi connectivity index (χ2n) is 6.49. The van der Waals surface area contributed by atoms with Crippen molar-refractivity contribution in [2.75, 3.05) is 6.61 Å². The van der Waals surface area contributed by atoms with Crippen LogP contribution in [-0.4, -0.2) is 23.9 Å². The molecule has 0 N–H and O–H groups in total. The van der Waals surface area contributed by atoms with Gasteiger partial charge in [0.05, 0.1) is 12.1 Å². The van der Waals surface area contributed by atoms with Crippen molar-refractivity contribution in [3.05, 3.63) is 82.9 Å². The maximum Gasteiger partial charge on any atom is 0.269 e. The molecule has 2 aliphatic rings. The van der Waals surface area contributed by atoms with Crippen LogP contribution in [0.5, 0.6) is 0 Å². The lowest BCUT2D eigenvalue weighted by Gasteiger charge is -2.13. The van der Waals surface area contributed by atoms with E-state index in [4.69, 9.17) is 26.2 Å². The van der Waals surface area contributed by atoms with Crippen molar-refractivity contribution in [2.45, 2.75) is 12.1 Å². The molecule has 2 aliphatic heterocycles. The summed E-state index contributed by atoms with van der Waals surface area (Å²) in [5.74, 6) is 0.606. The summed E-state index contributed by atoms with van der Waals surface area (Å²) < 4.78 is 5.92. The van der Waals surface area contributed by atoms with Crippen LogP contribution in [0.15, 0.2) is 76.9 Å². The summed E-state index contributed by atoms with van der Waals surface area (Å²) in [6.07, 6.45) is 0.572. The van der Waals surface area contributed by atoms with E-state index >= 15 is 0 Å². The van der Waals surface area contributed by atoms with Crippen molar-refractivity contribution in [3.63, 3.8) is 0 Å². The summed E-state index contributed by atoms with van der Waals surface area (Å²) in [5.41, 5.74) is 2.04. The second kappa shape index (κ2) is 5.85. The van der Waals surface area contributed by atoms with Crippen LogP contribution in [0, 0.1) is 0 Å². The Morgan fingerprint density at radius 2 is 1.73 bits per heavy atom. The molecule has 0 fully saturated rings. The van der Waals surface area contributed by atoms with Gasteiger partial charge in [-0.3, -0.25) is 0 Å². The first-order valence-electron chi connectivity index (χ1n) is 8.44. The topological polar surface area (TPSA) is 43.2 Å². The first-order chi connectivity index (χ1) is 12.7. The van der Waals surface area contributed by atoms with Gasteiger partial charge >= 0.3 is 0 Å². The van der Waals surface area contributed by atoms with Crippen molar-refractivity contribution in [2.24, 2.45) is 10.1 Å². The predicted octanol–water partition coefficient (Wildman–Crippen LogP) is 4.79. The van der Waals surface area contributed by atoms with Crippen molar-refractivity contribution in [1.82, 2.24) is 0 Å². The van der Waals surface area contributed by atoms with E-state index in [1.807, 2.05) is 48.5 Å². The fraction of sp³-hybridized carbons (Fsp3) is 0.143. The summed E-state index contributed by atoms with van der Waals surface area (Å²) in [6.45, 7) is 0.353. The van der Waals surface area contributed by atoms with Crippen LogP contribution in [0.25, 0.3) is 10.8 Å². The third-order valence-electron chi connectivity index (χ3n) is 4.71. The first-order valence-corrected chi connectivity index (χ1v) is 8.82. The molecule has 1 atom stereocenters. The maximum atomic E-state index is 5.96. The van der Waals surface area contributed by atoms with Crippen LogP contribution in [-0.2, 0) is 9.57 Å². The van der Waals surface area contributed by atoms with Crippen molar-refractivity contribution in [3.8, 4) is 0 Å². The van der Waals surface area contributed by atoms with E-state index in [1.165, 1.54) is 0 Å². The van der Waals surface area contributed by atoms with Crippen LogP contribution in [0.4, 0.5) is 0 Å². The Bertz CT molecular complexity index is 1050. The second-order valence-corrected chi connectivity index (χ2v) is 6.93. The largest absolute Gasteiger partial charge is 0.471 e. The van der Waals surface area contributed by atoms with Gasteiger partial charge in [0.25, 0.3) is 5.72 Å². The predicted molar refractivity (Wildman–Crippen MR) is 103 cm³/mol. The molecule has 2 heterocycles. The lowest BCUT2D eigenvalue weighted by atomic mass is 10.0. The zero-order valence-corrected chi connectivity index (χ0v) is 14.6. The van der Waals surface area contributed by atoms with Gasteiger partial charge in [0.1, 0.15) is 0 Å². The average Bonchev–Trinajstić information content (AvgIpc) is 3.29. The number of fused-ring (bicyclic) bond motifs is 1. The molecular weight excluding hydrogens is 348 g/mol.